The third kappa shape index (κ3) is 60.9. The minimum absolute atomic E-state index is 0.0841. The molecule has 0 aliphatic heterocycles. The van der Waals surface area contributed by atoms with Gasteiger partial charge in [0.2, 0.25) is 0 Å². The zero-order valence-electron chi connectivity index (χ0n) is 56.0. The molecule has 3 N–H and O–H groups in total. The first-order chi connectivity index (χ1) is 41.8. The van der Waals surface area contributed by atoms with Crippen LogP contribution in [0.3, 0.4) is 0 Å². The molecule has 0 radical (unpaired) electrons. The molecule has 6 atom stereocenters. The maximum absolute atomic E-state index is 13.0. The Morgan fingerprint density at radius 1 is 0.379 bits per heavy atom. The van der Waals surface area contributed by atoms with Crippen LogP contribution in [0.1, 0.15) is 312 Å². The van der Waals surface area contributed by atoms with E-state index in [2.05, 4.69) is 72.8 Å². The van der Waals surface area contributed by atoms with Gasteiger partial charge in [-0.1, -0.05) is 259 Å². The number of ether oxygens (including phenoxy) is 4. The highest BCUT2D eigenvalue weighted by Gasteiger charge is 2.30. The van der Waals surface area contributed by atoms with Crippen molar-refractivity contribution in [2.75, 3.05) is 39.6 Å². The molecule has 0 rings (SSSR count). The monoisotopic (exact) mass is 1280 g/mol. The molecule has 3 unspecified atom stereocenters. The topological polar surface area (TPSA) is 237 Å². The van der Waals surface area contributed by atoms with E-state index >= 15 is 0 Å². The highest BCUT2D eigenvalue weighted by Crippen LogP contribution is 2.45. The summed E-state index contributed by atoms with van der Waals surface area (Å²) in [6, 6.07) is 0. The van der Waals surface area contributed by atoms with Crippen LogP contribution in [0.15, 0.2) is 24.3 Å². The van der Waals surface area contributed by atoms with Crippen molar-refractivity contribution in [1.29, 1.82) is 0 Å². The summed E-state index contributed by atoms with van der Waals surface area (Å²) in [7, 11) is -9.91. The summed E-state index contributed by atoms with van der Waals surface area (Å²) in [5.41, 5.74) is 0. The van der Waals surface area contributed by atoms with E-state index in [1.807, 2.05) is 0 Å². The Labute approximate surface area is 529 Å². The highest BCUT2D eigenvalue weighted by molar-refractivity contribution is 7.47. The van der Waals surface area contributed by atoms with Gasteiger partial charge in [-0.2, -0.15) is 0 Å². The Bertz CT molecular complexity index is 1810. The third-order valence-corrected chi connectivity index (χ3v) is 17.3. The molecule has 0 aromatic carbocycles. The quantitative estimate of drug-likeness (QED) is 0.0169. The van der Waals surface area contributed by atoms with Gasteiger partial charge in [0.25, 0.3) is 0 Å². The molecule has 0 aromatic heterocycles. The fourth-order valence-electron chi connectivity index (χ4n) is 9.61. The average Bonchev–Trinajstić information content (AvgIpc) is 3.57. The molecule has 0 saturated carbocycles. The molecule has 0 aliphatic rings. The van der Waals surface area contributed by atoms with Gasteiger partial charge in [0.05, 0.1) is 26.4 Å². The number of rotatable bonds is 64. The largest absolute Gasteiger partial charge is 0.472 e. The number of phosphoric acid groups is 2. The lowest BCUT2D eigenvalue weighted by Crippen LogP contribution is -2.30. The molecule has 0 bridgehead atoms. The van der Waals surface area contributed by atoms with Gasteiger partial charge < -0.3 is 33.8 Å². The Morgan fingerprint density at radius 2 is 0.678 bits per heavy atom. The van der Waals surface area contributed by atoms with Crippen molar-refractivity contribution in [2.45, 2.75) is 330 Å². The Kier molecular flexibility index (Phi) is 57.0. The number of hydrogen-bond donors (Lipinski definition) is 3. The van der Waals surface area contributed by atoms with Crippen LogP contribution >= 0.6 is 15.6 Å². The van der Waals surface area contributed by atoms with Crippen LogP contribution in [0, 0.1) is 17.8 Å². The Hall–Kier alpha value is -2.46. The van der Waals surface area contributed by atoms with Gasteiger partial charge in [0.1, 0.15) is 19.3 Å². The standard InChI is InChI=1S/C68H128O17P2/c1-8-10-11-12-13-14-15-16-17-18-19-24-27-37-44-51-67(72)84-63(55-78-65(70)49-42-35-26-23-21-20-22-25-34-41-48-61(7)9-2)57-82-86(74,75)80-53-62(69)54-81-87(76,77)83-58-64(85-68(73)52-45-38-31-29-33-40-47-60(5)6)56-79-66(71)50-43-36-30-28-32-39-46-59(3)4/h14-17,59-64,69H,8-13,18-58H2,1-7H3,(H,74,75)(H,76,77)/b15-14-,17-16-/t61?,62-,63-,64-/m1/s1. The Morgan fingerprint density at radius 3 is 1.02 bits per heavy atom. The first-order valence-electron chi connectivity index (χ1n) is 34.7. The first kappa shape index (κ1) is 84.5. The van der Waals surface area contributed by atoms with Gasteiger partial charge in [0.15, 0.2) is 12.2 Å². The van der Waals surface area contributed by atoms with Crippen molar-refractivity contribution >= 4 is 39.5 Å². The molecule has 0 aromatic rings. The minimum atomic E-state index is -4.96. The van der Waals surface area contributed by atoms with Crippen LogP contribution in [0.25, 0.3) is 0 Å². The molecule has 19 heteroatoms. The van der Waals surface area contributed by atoms with E-state index in [4.69, 9.17) is 37.0 Å². The van der Waals surface area contributed by atoms with Crippen molar-refractivity contribution in [1.82, 2.24) is 0 Å². The number of carbonyl (C=O) groups is 4. The number of allylic oxidation sites excluding steroid dienone is 4. The summed E-state index contributed by atoms with van der Waals surface area (Å²) >= 11 is 0. The fraction of sp³-hybridized carbons (Fsp3) is 0.882. The summed E-state index contributed by atoms with van der Waals surface area (Å²) < 4.78 is 68.1. The number of aliphatic hydroxyl groups excluding tert-OH is 1. The zero-order valence-corrected chi connectivity index (χ0v) is 57.7. The molecule has 0 fully saturated rings. The molecule has 0 spiro atoms. The van der Waals surface area contributed by atoms with E-state index in [1.54, 1.807) is 0 Å². The number of esters is 4. The summed E-state index contributed by atoms with van der Waals surface area (Å²) in [6.45, 7) is 11.6. The van der Waals surface area contributed by atoms with Gasteiger partial charge in [-0.25, -0.2) is 9.13 Å². The number of aliphatic hydroxyl groups is 1. The smallest absolute Gasteiger partial charge is 0.462 e. The van der Waals surface area contributed by atoms with E-state index in [-0.39, 0.29) is 25.7 Å². The fourth-order valence-corrected chi connectivity index (χ4v) is 11.2. The second-order valence-corrected chi connectivity index (χ2v) is 28.0. The van der Waals surface area contributed by atoms with Crippen LogP contribution in [0.5, 0.6) is 0 Å². The first-order valence-corrected chi connectivity index (χ1v) is 37.7. The molecular formula is C68H128O17P2. The summed E-state index contributed by atoms with van der Waals surface area (Å²) in [5.74, 6) is -0.0143. The van der Waals surface area contributed by atoms with Gasteiger partial charge in [0, 0.05) is 25.7 Å². The summed E-state index contributed by atoms with van der Waals surface area (Å²) in [5, 5.41) is 10.6. The maximum Gasteiger partial charge on any atom is 0.472 e. The second kappa shape index (κ2) is 58.6. The highest BCUT2D eigenvalue weighted by atomic mass is 31.2. The predicted octanol–water partition coefficient (Wildman–Crippen LogP) is 18.6. The van der Waals surface area contributed by atoms with Crippen molar-refractivity contribution in [2.24, 2.45) is 17.8 Å². The van der Waals surface area contributed by atoms with Crippen LogP contribution in [0.4, 0.5) is 0 Å². The van der Waals surface area contributed by atoms with Crippen molar-refractivity contribution in [3.8, 4) is 0 Å². The molecule has 0 aliphatic carbocycles. The number of unbranched alkanes of at least 4 members (excludes halogenated alkanes) is 28. The van der Waals surface area contributed by atoms with E-state index in [0.29, 0.717) is 37.5 Å². The third-order valence-electron chi connectivity index (χ3n) is 15.4. The van der Waals surface area contributed by atoms with Crippen LogP contribution in [-0.2, 0) is 65.4 Å². The van der Waals surface area contributed by atoms with E-state index in [0.717, 1.165) is 115 Å². The van der Waals surface area contributed by atoms with Crippen LogP contribution in [-0.4, -0.2) is 96.7 Å². The molecule has 17 nitrogen and oxygen atoms in total. The lowest BCUT2D eigenvalue weighted by molar-refractivity contribution is -0.161. The number of carbonyl (C=O) groups excluding carboxylic acids is 4. The van der Waals surface area contributed by atoms with E-state index < -0.39 is 97.5 Å². The van der Waals surface area contributed by atoms with E-state index in [9.17, 15) is 43.2 Å². The molecule has 512 valence electrons. The predicted molar refractivity (Wildman–Crippen MR) is 349 cm³/mol. The summed E-state index contributed by atoms with van der Waals surface area (Å²) in [6.07, 6.45) is 44.2. The molecule has 0 heterocycles. The molecule has 87 heavy (non-hydrogen) atoms. The number of hydrogen-bond acceptors (Lipinski definition) is 15. The van der Waals surface area contributed by atoms with Gasteiger partial charge >= 0.3 is 39.5 Å². The van der Waals surface area contributed by atoms with Crippen molar-refractivity contribution in [3.05, 3.63) is 24.3 Å². The van der Waals surface area contributed by atoms with Gasteiger partial charge in [-0.3, -0.25) is 37.3 Å². The Balaban J connectivity index is 5.28. The lowest BCUT2D eigenvalue weighted by Gasteiger charge is -2.21. The number of phosphoric ester groups is 2. The summed E-state index contributed by atoms with van der Waals surface area (Å²) in [4.78, 5) is 72.3. The van der Waals surface area contributed by atoms with Crippen molar-refractivity contribution < 1.29 is 80.2 Å². The van der Waals surface area contributed by atoms with Crippen LogP contribution < -0.4 is 0 Å². The SMILES string of the molecule is CCCCCC/C=C\C=C/CCCCCCCC(=O)O[C@H](COC(=O)CCCCCCCCCCCCC(C)CC)COP(=O)(O)OC[C@@H](O)COP(=O)(O)OC[C@@H](COC(=O)CCCCCCCCC(C)C)OC(=O)CCCCCCCCC(C)C. The average molecular weight is 1280 g/mol. The lowest BCUT2D eigenvalue weighted by atomic mass is 9.99. The zero-order chi connectivity index (χ0) is 64.5. The minimum Gasteiger partial charge on any atom is -0.462 e. The van der Waals surface area contributed by atoms with Gasteiger partial charge in [-0.15, -0.1) is 0 Å². The maximum atomic E-state index is 13.0. The second-order valence-electron chi connectivity index (χ2n) is 25.1. The van der Waals surface area contributed by atoms with E-state index in [1.165, 1.54) is 103 Å². The van der Waals surface area contributed by atoms with Crippen molar-refractivity contribution in [3.63, 3.8) is 0 Å². The van der Waals surface area contributed by atoms with Gasteiger partial charge in [-0.05, 0) is 69.1 Å². The molecular weight excluding hydrogens is 1150 g/mol. The molecule has 0 saturated heterocycles. The van der Waals surface area contributed by atoms with Crippen LogP contribution in [0.2, 0.25) is 0 Å². The normalized spacial score (nSPS) is 14.8. The molecule has 0 amide bonds.